The molecule has 0 heterocycles. The molecule has 1 aromatic rings. The average Bonchev–Trinajstić information content (AvgIpc) is 2.58. The molecule has 0 aliphatic rings. The number of rotatable bonds is 9. The molecular formula is C15H17F6NO7S. The highest BCUT2D eigenvalue weighted by Crippen LogP contribution is 2.47. The highest BCUT2D eigenvalue weighted by Gasteiger charge is 2.76. The summed E-state index contributed by atoms with van der Waals surface area (Å²) < 4.78 is 113. The van der Waals surface area contributed by atoms with Crippen LogP contribution in [-0.4, -0.2) is 79.2 Å². The maximum Gasteiger partial charge on any atom is 0.438 e. The summed E-state index contributed by atoms with van der Waals surface area (Å²) in [4.78, 5) is 13.4. The van der Waals surface area contributed by atoms with E-state index in [2.05, 4.69) is 4.74 Å². The Kier molecular flexibility index (Phi) is 8.09. The van der Waals surface area contributed by atoms with Gasteiger partial charge in [-0.1, -0.05) is 0 Å². The standard InChI is InChI=1S/C15H17F6NO7S/c16-14(17,18)13(15(19,20)21,9-30(26,27)28)29-12(25)10-1-3-11(4-2-10)22(5-7-23)6-8-24/h1-4,23-24H,5-9H2,(H,26,27,28). The van der Waals surface area contributed by atoms with E-state index in [1.165, 1.54) is 4.90 Å². The number of ether oxygens (including phenoxy) is 1. The topological polar surface area (TPSA) is 124 Å². The van der Waals surface area contributed by atoms with E-state index in [4.69, 9.17) is 14.8 Å². The number of halogens is 6. The number of carbonyl (C=O) groups is 1. The van der Waals surface area contributed by atoms with Crippen molar-refractivity contribution in [2.45, 2.75) is 18.0 Å². The van der Waals surface area contributed by atoms with E-state index in [0.29, 0.717) is 0 Å². The summed E-state index contributed by atoms with van der Waals surface area (Å²) in [5.41, 5.74) is -6.01. The highest BCUT2D eigenvalue weighted by atomic mass is 32.2. The molecule has 0 fully saturated rings. The lowest BCUT2D eigenvalue weighted by Gasteiger charge is -2.35. The van der Waals surface area contributed by atoms with Crippen molar-refractivity contribution in [3.05, 3.63) is 29.8 Å². The van der Waals surface area contributed by atoms with Crippen LogP contribution < -0.4 is 4.90 Å². The SMILES string of the molecule is O=C(OC(CS(=O)(=O)O)(C(F)(F)F)C(F)(F)F)c1ccc(N(CCO)CCO)cc1. The van der Waals surface area contributed by atoms with Crippen LogP contribution in [0.25, 0.3) is 0 Å². The zero-order valence-electron chi connectivity index (χ0n) is 14.9. The molecule has 0 bridgehead atoms. The second-order valence-electron chi connectivity index (χ2n) is 5.92. The minimum atomic E-state index is -6.42. The van der Waals surface area contributed by atoms with Crippen molar-refractivity contribution in [2.24, 2.45) is 0 Å². The monoisotopic (exact) mass is 469 g/mol. The molecule has 0 aliphatic heterocycles. The number of nitrogens with zero attached hydrogens (tertiary/aromatic N) is 1. The van der Waals surface area contributed by atoms with Crippen LogP contribution in [0.5, 0.6) is 0 Å². The number of alkyl halides is 6. The van der Waals surface area contributed by atoms with E-state index in [9.17, 15) is 39.6 Å². The predicted molar refractivity (Wildman–Crippen MR) is 89.5 cm³/mol. The maximum atomic E-state index is 13.2. The van der Waals surface area contributed by atoms with Crippen LogP contribution >= 0.6 is 0 Å². The van der Waals surface area contributed by atoms with E-state index >= 15 is 0 Å². The molecule has 15 heteroatoms. The van der Waals surface area contributed by atoms with E-state index < -0.39 is 45.4 Å². The zero-order chi connectivity index (χ0) is 23.4. The molecule has 0 radical (unpaired) electrons. The van der Waals surface area contributed by atoms with Gasteiger partial charge in [-0.2, -0.15) is 34.8 Å². The molecule has 0 spiro atoms. The van der Waals surface area contributed by atoms with Crippen molar-refractivity contribution in [1.82, 2.24) is 0 Å². The lowest BCUT2D eigenvalue weighted by molar-refractivity contribution is -0.356. The third kappa shape index (κ3) is 6.20. The molecule has 172 valence electrons. The molecule has 30 heavy (non-hydrogen) atoms. The minimum absolute atomic E-state index is 0.0317. The average molecular weight is 469 g/mol. The van der Waals surface area contributed by atoms with Crippen LogP contribution in [0.3, 0.4) is 0 Å². The second kappa shape index (κ2) is 9.36. The summed E-state index contributed by atoms with van der Waals surface area (Å²) in [7, 11) is -5.88. The van der Waals surface area contributed by atoms with Crippen molar-refractivity contribution in [3.63, 3.8) is 0 Å². The number of hydrogen-bond donors (Lipinski definition) is 3. The molecule has 0 saturated heterocycles. The fraction of sp³-hybridized carbons (Fsp3) is 0.533. The summed E-state index contributed by atoms with van der Waals surface area (Å²) in [6, 6.07) is 3.83. The molecule has 0 saturated carbocycles. The molecule has 1 aromatic carbocycles. The fourth-order valence-corrected chi connectivity index (χ4v) is 3.26. The molecule has 1 rings (SSSR count). The molecule has 3 N–H and O–H groups in total. The Balaban J connectivity index is 3.30. The number of anilines is 1. The first-order chi connectivity index (χ1) is 13.6. The van der Waals surface area contributed by atoms with E-state index in [0.717, 1.165) is 24.3 Å². The molecular weight excluding hydrogens is 452 g/mol. The quantitative estimate of drug-likeness (QED) is 0.282. The van der Waals surface area contributed by atoms with Gasteiger partial charge in [-0.05, 0) is 24.3 Å². The number of esters is 1. The summed E-state index contributed by atoms with van der Waals surface area (Å²) in [5, 5.41) is 17.9. The van der Waals surface area contributed by atoms with Gasteiger partial charge >= 0.3 is 23.9 Å². The molecule has 0 unspecified atom stereocenters. The van der Waals surface area contributed by atoms with Crippen molar-refractivity contribution >= 4 is 21.8 Å². The van der Waals surface area contributed by atoms with Gasteiger partial charge in [0.05, 0.1) is 18.8 Å². The Labute approximate surface area is 166 Å². The summed E-state index contributed by atoms with van der Waals surface area (Å²) in [6.45, 7) is -0.605. The maximum absolute atomic E-state index is 13.2. The first-order valence-electron chi connectivity index (χ1n) is 7.96. The Morgan fingerprint density at radius 3 is 1.70 bits per heavy atom. The lowest BCUT2D eigenvalue weighted by Crippen LogP contribution is -2.63. The van der Waals surface area contributed by atoms with Crippen molar-refractivity contribution in [1.29, 1.82) is 0 Å². The molecule has 0 amide bonds. The smallest absolute Gasteiger partial charge is 0.435 e. The van der Waals surface area contributed by atoms with Gasteiger partial charge in [0.1, 0.15) is 5.75 Å². The number of carbonyl (C=O) groups excluding carboxylic acids is 1. The van der Waals surface area contributed by atoms with Gasteiger partial charge in [0.2, 0.25) is 0 Å². The van der Waals surface area contributed by atoms with Crippen LogP contribution in [0.2, 0.25) is 0 Å². The minimum Gasteiger partial charge on any atom is -0.435 e. The van der Waals surface area contributed by atoms with Crippen LogP contribution in [0.15, 0.2) is 24.3 Å². The Hall–Kier alpha value is -2.10. The summed E-state index contributed by atoms with van der Waals surface area (Å²) in [5.74, 6) is -5.12. The van der Waals surface area contributed by atoms with Crippen molar-refractivity contribution in [2.75, 3.05) is 37.0 Å². The van der Waals surface area contributed by atoms with Gasteiger partial charge in [-0.25, -0.2) is 4.79 Å². The van der Waals surface area contributed by atoms with E-state index in [1.54, 1.807) is 0 Å². The van der Waals surface area contributed by atoms with E-state index in [1.807, 2.05) is 0 Å². The Bertz CT molecular complexity index is 803. The van der Waals surface area contributed by atoms with Crippen molar-refractivity contribution < 1.29 is 59.1 Å². The number of hydrogen-bond acceptors (Lipinski definition) is 7. The predicted octanol–water partition coefficient (Wildman–Crippen LogP) is 1.39. The van der Waals surface area contributed by atoms with Crippen LogP contribution in [-0.2, 0) is 14.9 Å². The molecule has 8 nitrogen and oxygen atoms in total. The first-order valence-corrected chi connectivity index (χ1v) is 9.57. The van der Waals surface area contributed by atoms with E-state index in [-0.39, 0.29) is 32.0 Å². The highest BCUT2D eigenvalue weighted by molar-refractivity contribution is 7.85. The second-order valence-corrected chi connectivity index (χ2v) is 7.37. The van der Waals surface area contributed by atoms with Gasteiger partial charge in [0.15, 0.2) is 0 Å². The first kappa shape index (κ1) is 25.9. The van der Waals surface area contributed by atoms with Crippen molar-refractivity contribution in [3.8, 4) is 0 Å². The van der Waals surface area contributed by atoms with Gasteiger partial charge in [0, 0.05) is 18.8 Å². The number of aliphatic hydroxyl groups excluding tert-OH is 2. The van der Waals surface area contributed by atoms with Gasteiger partial charge in [-0.3, -0.25) is 4.55 Å². The molecule has 0 aromatic heterocycles. The normalized spacial score (nSPS) is 13.2. The lowest BCUT2D eigenvalue weighted by atomic mass is 10.1. The third-order valence-corrected chi connectivity index (χ3v) is 4.55. The Morgan fingerprint density at radius 2 is 1.37 bits per heavy atom. The molecule has 0 atom stereocenters. The fourth-order valence-electron chi connectivity index (χ4n) is 2.36. The van der Waals surface area contributed by atoms with Crippen LogP contribution in [0, 0.1) is 0 Å². The van der Waals surface area contributed by atoms with Crippen LogP contribution in [0.4, 0.5) is 32.0 Å². The third-order valence-electron chi connectivity index (χ3n) is 3.78. The van der Waals surface area contributed by atoms with Gasteiger partial charge in [-0.15, -0.1) is 0 Å². The van der Waals surface area contributed by atoms with Gasteiger partial charge in [0.25, 0.3) is 10.1 Å². The number of aliphatic hydroxyl groups is 2. The van der Waals surface area contributed by atoms with Crippen LogP contribution in [0.1, 0.15) is 10.4 Å². The van der Waals surface area contributed by atoms with Gasteiger partial charge < -0.3 is 19.8 Å². The largest absolute Gasteiger partial charge is 0.438 e. The molecule has 0 aliphatic carbocycles. The zero-order valence-corrected chi connectivity index (χ0v) is 15.8. The number of benzene rings is 1. The summed E-state index contributed by atoms with van der Waals surface area (Å²) in [6.07, 6.45) is -12.8. The Morgan fingerprint density at radius 1 is 0.933 bits per heavy atom. The summed E-state index contributed by atoms with van der Waals surface area (Å²) >= 11 is 0.